The molecule has 3 heteroatoms. The molecule has 1 aromatic carbocycles. The second-order valence-corrected chi connectivity index (χ2v) is 5.82. The molecule has 1 aromatic heterocycles. The first-order valence-corrected chi connectivity index (χ1v) is 6.47. The molecule has 2 aromatic rings. The lowest BCUT2D eigenvalue weighted by Gasteiger charge is -2.19. The van der Waals surface area contributed by atoms with Gasteiger partial charge >= 0.3 is 0 Å². The van der Waals surface area contributed by atoms with Crippen LogP contribution in [0.2, 0.25) is 5.15 Å². The Labute approximate surface area is 118 Å². The lowest BCUT2D eigenvalue weighted by Crippen LogP contribution is -2.10. The van der Waals surface area contributed by atoms with E-state index in [9.17, 15) is 0 Å². The van der Waals surface area contributed by atoms with Crippen molar-refractivity contribution >= 4 is 11.6 Å². The quantitative estimate of drug-likeness (QED) is 0.712. The zero-order valence-electron chi connectivity index (χ0n) is 11.2. The van der Waals surface area contributed by atoms with Gasteiger partial charge in [-0.3, -0.25) is 0 Å². The fourth-order valence-corrected chi connectivity index (χ4v) is 2.13. The van der Waals surface area contributed by atoms with E-state index in [2.05, 4.69) is 44.0 Å². The van der Waals surface area contributed by atoms with Gasteiger partial charge in [-0.2, -0.15) is 5.26 Å². The van der Waals surface area contributed by atoms with Gasteiger partial charge in [0, 0.05) is 11.8 Å². The van der Waals surface area contributed by atoms with Crippen molar-refractivity contribution < 1.29 is 0 Å². The van der Waals surface area contributed by atoms with Crippen molar-refractivity contribution in [2.24, 2.45) is 0 Å². The molecule has 0 saturated heterocycles. The number of hydrogen-bond donors (Lipinski definition) is 0. The number of nitrogens with zero attached hydrogens (tertiary/aromatic N) is 2. The number of aromatic nitrogens is 1. The molecule has 96 valence electrons. The van der Waals surface area contributed by atoms with Crippen LogP contribution in [0.3, 0.4) is 0 Å². The molecule has 0 aliphatic rings. The van der Waals surface area contributed by atoms with E-state index in [1.54, 1.807) is 6.20 Å². The highest BCUT2D eigenvalue weighted by atomic mass is 35.5. The molecule has 0 radical (unpaired) electrons. The van der Waals surface area contributed by atoms with Crippen LogP contribution < -0.4 is 0 Å². The summed E-state index contributed by atoms with van der Waals surface area (Å²) in [5.74, 6) is 0. The standard InChI is InChI=1S/C16H15ClN2/c1-16(2,3)12-6-4-11(5-7-12)13-8-9-19-15(17)14(13)10-18/h4-9H,1-3H3. The summed E-state index contributed by atoms with van der Waals surface area (Å²) in [5.41, 5.74) is 3.60. The van der Waals surface area contributed by atoms with Crippen molar-refractivity contribution in [3.05, 3.63) is 52.8 Å². The van der Waals surface area contributed by atoms with E-state index in [4.69, 9.17) is 16.9 Å². The maximum absolute atomic E-state index is 9.17. The van der Waals surface area contributed by atoms with Crippen LogP contribution in [-0.2, 0) is 5.41 Å². The topological polar surface area (TPSA) is 36.7 Å². The van der Waals surface area contributed by atoms with E-state index in [-0.39, 0.29) is 10.6 Å². The lowest BCUT2D eigenvalue weighted by atomic mass is 9.86. The summed E-state index contributed by atoms with van der Waals surface area (Å²) < 4.78 is 0. The Balaban J connectivity index is 2.50. The zero-order valence-corrected chi connectivity index (χ0v) is 12.0. The molecule has 0 saturated carbocycles. The minimum atomic E-state index is 0.118. The van der Waals surface area contributed by atoms with Crippen molar-refractivity contribution in [1.29, 1.82) is 5.26 Å². The molecule has 19 heavy (non-hydrogen) atoms. The van der Waals surface area contributed by atoms with Crippen LogP contribution in [0.1, 0.15) is 31.9 Å². The number of nitriles is 1. The number of rotatable bonds is 1. The Kier molecular flexibility index (Phi) is 3.59. The summed E-state index contributed by atoms with van der Waals surface area (Å²) in [4.78, 5) is 3.94. The van der Waals surface area contributed by atoms with Gasteiger partial charge in [-0.1, -0.05) is 56.6 Å². The normalized spacial score (nSPS) is 11.1. The predicted octanol–water partition coefficient (Wildman–Crippen LogP) is 4.57. The minimum absolute atomic E-state index is 0.118. The Morgan fingerprint density at radius 3 is 2.26 bits per heavy atom. The fraction of sp³-hybridized carbons (Fsp3) is 0.250. The molecule has 0 unspecified atom stereocenters. The first-order chi connectivity index (χ1) is 8.93. The van der Waals surface area contributed by atoms with Gasteiger partial charge in [0.1, 0.15) is 11.2 Å². The Morgan fingerprint density at radius 2 is 1.74 bits per heavy atom. The maximum Gasteiger partial charge on any atom is 0.147 e. The summed E-state index contributed by atoms with van der Waals surface area (Å²) >= 11 is 5.95. The molecule has 0 aliphatic heterocycles. The molecule has 2 rings (SSSR count). The van der Waals surface area contributed by atoms with Gasteiger partial charge in [-0.05, 0) is 22.6 Å². The summed E-state index contributed by atoms with van der Waals surface area (Å²) in [6.07, 6.45) is 1.62. The maximum atomic E-state index is 9.17. The van der Waals surface area contributed by atoms with Gasteiger partial charge in [-0.25, -0.2) is 4.98 Å². The Morgan fingerprint density at radius 1 is 1.11 bits per heavy atom. The van der Waals surface area contributed by atoms with Gasteiger partial charge in [0.2, 0.25) is 0 Å². The lowest BCUT2D eigenvalue weighted by molar-refractivity contribution is 0.590. The fourth-order valence-electron chi connectivity index (χ4n) is 1.93. The van der Waals surface area contributed by atoms with E-state index >= 15 is 0 Å². The van der Waals surface area contributed by atoms with Crippen LogP contribution in [-0.4, -0.2) is 4.98 Å². The van der Waals surface area contributed by atoms with Crippen molar-refractivity contribution in [3.63, 3.8) is 0 Å². The largest absolute Gasteiger partial charge is 0.243 e. The molecule has 0 bridgehead atoms. The second-order valence-electron chi connectivity index (χ2n) is 5.46. The number of pyridine rings is 1. The molecule has 1 heterocycles. The van der Waals surface area contributed by atoms with Crippen molar-refractivity contribution in [2.45, 2.75) is 26.2 Å². The second kappa shape index (κ2) is 5.03. The van der Waals surface area contributed by atoms with E-state index in [0.29, 0.717) is 5.56 Å². The van der Waals surface area contributed by atoms with E-state index in [1.807, 2.05) is 18.2 Å². The van der Waals surface area contributed by atoms with Gasteiger partial charge in [0.15, 0.2) is 0 Å². The first-order valence-electron chi connectivity index (χ1n) is 6.09. The summed E-state index contributed by atoms with van der Waals surface area (Å²) in [6, 6.07) is 12.1. The Hall–Kier alpha value is -1.85. The molecule has 0 atom stereocenters. The smallest absolute Gasteiger partial charge is 0.147 e. The average molecular weight is 271 g/mol. The first kappa shape index (κ1) is 13.6. The molecular weight excluding hydrogens is 256 g/mol. The third-order valence-corrected chi connectivity index (χ3v) is 3.37. The van der Waals surface area contributed by atoms with E-state index < -0.39 is 0 Å². The molecular formula is C16H15ClN2. The molecule has 0 spiro atoms. The number of benzene rings is 1. The average Bonchev–Trinajstić information content (AvgIpc) is 2.37. The molecule has 0 N–H and O–H groups in total. The van der Waals surface area contributed by atoms with Gasteiger partial charge in [0.25, 0.3) is 0 Å². The highest BCUT2D eigenvalue weighted by Gasteiger charge is 2.14. The third kappa shape index (κ3) is 2.77. The van der Waals surface area contributed by atoms with E-state index in [0.717, 1.165) is 11.1 Å². The van der Waals surface area contributed by atoms with Gasteiger partial charge < -0.3 is 0 Å². The van der Waals surface area contributed by atoms with Crippen molar-refractivity contribution in [2.75, 3.05) is 0 Å². The SMILES string of the molecule is CC(C)(C)c1ccc(-c2ccnc(Cl)c2C#N)cc1. The summed E-state index contributed by atoms with van der Waals surface area (Å²) in [5, 5.41) is 9.42. The minimum Gasteiger partial charge on any atom is -0.243 e. The van der Waals surface area contributed by atoms with Crippen LogP contribution in [0.15, 0.2) is 36.5 Å². The predicted molar refractivity (Wildman–Crippen MR) is 78.1 cm³/mol. The Bertz CT molecular complexity index is 631. The summed E-state index contributed by atoms with van der Waals surface area (Å²) in [6.45, 7) is 6.52. The van der Waals surface area contributed by atoms with Crippen molar-refractivity contribution in [1.82, 2.24) is 4.98 Å². The molecule has 2 nitrogen and oxygen atoms in total. The van der Waals surface area contributed by atoms with Crippen LogP contribution in [0.5, 0.6) is 0 Å². The van der Waals surface area contributed by atoms with Crippen LogP contribution in [0.4, 0.5) is 0 Å². The molecule has 0 fully saturated rings. The zero-order chi connectivity index (χ0) is 14.0. The third-order valence-electron chi connectivity index (χ3n) is 3.08. The number of hydrogen-bond acceptors (Lipinski definition) is 2. The summed E-state index contributed by atoms with van der Waals surface area (Å²) in [7, 11) is 0. The van der Waals surface area contributed by atoms with Gasteiger partial charge in [-0.15, -0.1) is 0 Å². The van der Waals surface area contributed by atoms with E-state index in [1.165, 1.54) is 5.56 Å². The van der Waals surface area contributed by atoms with Gasteiger partial charge in [0.05, 0.1) is 5.56 Å². The van der Waals surface area contributed by atoms with Crippen LogP contribution >= 0.6 is 11.6 Å². The number of halogens is 1. The molecule has 0 aliphatic carbocycles. The highest BCUT2D eigenvalue weighted by molar-refractivity contribution is 6.30. The van der Waals surface area contributed by atoms with Crippen molar-refractivity contribution in [3.8, 4) is 17.2 Å². The van der Waals surface area contributed by atoms with Crippen LogP contribution in [0, 0.1) is 11.3 Å². The highest BCUT2D eigenvalue weighted by Crippen LogP contribution is 2.29. The monoisotopic (exact) mass is 270 g/mol. The molecule has 0 amide bonds. The van der Waals surface area contributed by atoms with Crippen LogP contribution in [0.25, 0.3) is 11.1 Å².